The topological polar surface area (TPSA) is 175 Å². The van der Waals surface area contributed by atoms with Crippen LogP contribution in [-0.2, 0) is 32.9 Å². The zero-order chi connectivity index (χ0) is 39.2. The number of aromatic hydroxyl groups is 1. The number of ether oxygens (including phenoxy) is 1. The summed E-state index contributed by atoms with van der Waals surface area (Å²) in [7, 11) is 5.76. The van der Waals surface area contributed by atoms with Crippen molar-refractivity contribution in [3.8, 4) is 5.75 Å². The van der Waals surface area contributed by atoms with Crippen LogP contribution in [0.15, 0.2) is 100 Å². The summed E-state index contributed by atoms with van der Waals surface area (Å²) in [6, 6.07) is 26.0. The second-order valence-electron chi connectivity index (χ2n) is 13.7. The number of H-pyrrole nitrogens is 1. The van der Waals surface area contributed by atoms with Crippen molar-refractivity contribution in [3.05, 3.63) is 130 Å². The third-order valence-electron chi connectivity index (χ3n) is 9.08. The first-order valence-corrected chi connectivity index (χ1v) is 18.3. The molecule has 0 saturated carbocycles. The Morgan fingerprint density at radius 1 is 0.852 bits per heavy atom. The first-order chi connectivity index (χ1) is 26.1. The van der Waals surface area contributed by atoms with Crippen molar-refractivity contribution >= 4 is 23.8 Å². The minimum atomic E-state index is -1.46. The average molecular weight is 744 g/mol. The molecule has 0 fully saturated rings. The Balaban J connectivity index is 0.00000103. The molecule has 12 nitrogen and oxygen atoms in total. The molecule has 2 heterocycles. The number of nitrogens with zero attached hydrogens (tertiary/aromatic N) is 2. The Labute approximate surface area is 317 Å². The van der Waals surface area contributed by atoms with Crippen LogP contribution >= 0.6 is 0 Å². The third-order valence-corrected chi connectivity index (χ3v) is 9.08. The maximum absolute atomic E-state index is 12.0. The van der Waals surface area contributed by atoms with Gasteiger partial charge in [0.05, 0.1) is 39.5 Å². The number of quaternary nitrogens is 1. The summed E-state index contributed by atoms with van der Waals surface area (Å²) in [5.41, 5.74) is 1.42. The summed E-state index contributed by atoms with van der Waals surface area (Å²) in [5.74, 6) is 1.18. The lowest BCUT2D eigenvalue weighted by atomic mass is 9.86. The molecular formula is C42H55N4O8+. The maximum Gasteiger partial charge on any atom is 0.292 e. The van der Waals surface area contributed by atoms with Gasteiger partial charge in [-0.3, -0.25) is 14.4 Å². The van der Waals surface area contributed by atoms with E-state index in [1.54, 1.807) is 18.3 Å². The zero-order valence-electron chi connectivity index (χ0n) is 31.6. The fraction of sp³-hybridized carbons (Fsp3) is 0.381. The molecule has 0 aliphatic heterocycles. The maximum atomic E-state index is 12.0. The van der Waals surface area contributed by atoms with E-state index in [1.165, 1.54) is 45.3 Å². The Morgan fingerprint density at radius 3 is 2.02 bits per heavy atom. The van der Waals surface area contributed by atoms with Crippen molar-refractivity contribution in [3.63, 3.8) is 0 Å². The van der Waals surface area contributed by atoms with Crippen molar-refractivity contribution < 1.29 is 38.5 Å². The normalized spacial score (nSPS) is 11.2. The van der Waals surface area contributed by atoms with Crippen LogP contribution in [0.4, 0.5) is 0 Å². The number of hydrogen-bond donors (Lipinski definition) is 5. The lowest BCUT2D eigenvalue weighted by Crippen LogP contribution is -2.39. The molecule has 5 rings (SSSR count). The van der Waals surface area contributed by atoms with E-state index >= 15 is 0 Å². The number of rotatable bonds is 19. The summed E-state index contributed by atoms with van der Waals surface area (Å²) >= 11 is 0. The molecule has 0 aliphatic carbocycles. The SMILES string of the molecule is COC=O.C[N+](C)(CCCCCCCCCNCCc1ccc(O)c2[nH]c(=O)ccc12)Cc1cnc(C(O)(c2ccccc2)c2ccccc2)o1.O=CO. The number of fused-ring (bicyclic) bond motifs is 1. The highest BCUT2D eigenvalue weighted by molar-refractivity contribution is 5.87. The van der Waals surface area contributed by atoms with Crippen LogP contribution in [-0.4, -0.2) is 83.6 Å². The zero-order valence-corrected chi connectivity index (χ0v) is 31.6. The molecule has 5 N–H and O–H groups in total. The molecule has 0 aliphatic rings. The second kappa shape index (κ2) is 22.7. The fourth-order valence-electron chi connectivity index (χ4n) is 6.36. The van der Waals surface area contributed by atoms with Gasteiger partial charge >= 0.3 is 0 Å². The Hall–Kier alpha value is -5.30. The number of carboxylic acid groups (broad SMARTS) is 1. The van der Waals surface area contributed by atoms with E-state index in [0.29, 0.717) is 24.4 Å². The number of unbranched alkanes of at least 4 members (excludes halogenated alkanes) is 6. The van der Waals surface area contributed by atoms with Crippen molar-refractivity contribution in [2.45, 2.75) is 63.5 Å². The van der Waals surface area contributed by atoms with Crippen molar-refractivity contribution in [2.24, 2.45) is 0 Å². The van der Waals surface area contributed by atoms with Crippen LogP contribution in [0.1, 0.15) is 73.3 Å². The highest BCUT2D eigenvalue weighted by Gasteiger charge is 2.39. The van der Waals surface area contributed by atoms with Crippen LogP contribution in [0, 0.1) is 0 Å². The Bertz CT molecular complexity index is 1840. The lowest BCUT2D eigenvalue weighted by molar-refractivity contribution is -0.904. The first-order valence-electron chi connectivity index (χ1n) is 18.3. The van der Waals surface area contributed by atoms with Crippen molar-refractivity contribution in [2.75, 3.05) is 40.8 Å². The largest absolute Gasteiger partial charge is 0.506 e. The van der Waals surface area contributed by atoms with Crippen LogP contribution in [0.2, 0.25) is 0 Å². The van der Waals surface area contributed by atoms with E-state index in [0.717, 1.165) is 71.2 Å². The van der Waals surface area contributed by atoms with Crippen molar-refractivity contribution in [1.82, 2.24) is 15.3 Å². The third kappa shape index (κ3) is 13.3. The van der Waals surface area contributed by atoms with Gasteiger partial charge in [0.15, 0.2) is 11.4 Å². The van der Waals surface area contributed by atoms with Gasteiger partial charge in [0.1, 0.15) is 12.3 Å². The molecule has 0 bridgehead atoms. The summed E-state index contributed by atoms with van der Waals surface area (Å²) in [4.78, 5) is 36.2. The number of pyridine rings is 1. The van der Waals surface area contributed by atoms with Gasteiger partial charge in [-0.1, -0.05) is 92.4 Å². The van der Waals surface area contributed by atoms with Gasteiger partial charge in [-0.25, -0.2) is 4.98 Å². The lowest BCUT2D eigenvalue weighted by Gasteiger charge is -2.29. The predicted octanol–water partition coefficient (Wildman–Crippen LogP) is 6.14. The quantitative estimate of drug-likeness (QED) is 0.0376. The van der Waals surface area contributed by atoms with Crippen LogP contribution in [0.25, 0.3) is 10.9 Å². The number of benzene rings is 3. The fourth-order valence-corrected chi connectivity index (χ4v) is 6.36. The minimum absolute atomic E-state index is 0.107. The van der Waals surface area contributed by atoms with Gasteiger partial charge in [-0.15, -0.1) is 0 Å². The minimum Gasteiger partial charge on any atom is -0.506 e. The van der Waals surface area contributed by atoms with E-state index in [-0.39, 0.29) is 17.8 Å². The Kier molecular flexibility index (Phi) is 18.1. The molecule has 0 radical (unpaired) electrons. The number of aromatic nitrogens is 2. The van der Waals surface area contributed by atoms with Gasteiger partial charge in [-0.05, 0) is 67.6 Å². The molecule has 0 saturated heterocycles. The molecule has 5 aromatic rings. The molecule has 2 aromatic heterocycles. The number of phenolic OH excluding ortho intramolecular Hbond substituents is 1. The number of carbonyl (C=O) groups is 2. The van der Waals surface area contributed by atoms with Gasteiger partial charge in [0.25, 0.3) is 12.9 Å². The highest BCUT2D eigenvalue weighted by Crippen LogP contribution is 2.36. The van der Waals surface area contributed by atoms with E-state index in [9.17, 15) is 15.0 Å². The molecule has 3 aromatic carbocycles. The van der Waals surface area contributed by atoms with E-state index in [2.05, 4.69) is 34.1 Å². The molecule has 0 unspecified atom stereocenters. The highest BCUT2D eigenvalue weighted by atomic mass is 16.5. The summed E-state index contributed by atoms with van der Waals surface area (Å²) in [5, 5.41) is 33.3. The molecule has 0 atom stereocenters. The van der Waals surface area contributed by atoms with E-state index < -0.39 is 5.60 Å². The molecule has 0 spiro atoms. The predicted molar refractivity (Wildman–Crippen MR) is 209 cm³/mol. The monoisotopic (exact) mass is 743 g/mol. The number of nitrogens with one attached hydrogen (secondary N) is 2. The molecular weight excluding hydrogens is 688 g/mol. The van der Waals surface area contributed by atoms with Crippen LogP contribution in [0.5, 0.6) is 5.75 Å². The average Bonchev–Trinajstić information content (AvgIpc) is 3.65. The summed E-state index contributed by atoms with van der Waals surface area (Å²) in [6.07, 6.45) is 11.1. The van der Waals surface area contributed by atoms with Crippen LogP contribution < -0.4 is 10.9 Å². The number of aliphatic hydroxyl groups is 1. The van der Waals surface area contributed by atoms with Crippen LogP contribution in [0.3, 0.4) is 0 Å². The summed E-state index contributed by atoms with van der Waals surface area (Å²) < 4.78 is 10.9. The van der Waals surface area contributed by atoms with Gasteiger partial charge in [-0.2, -0.15) is 0 Å². The number of carbonyl (C=O) groups excluding carboxylic acids is 1. The number of hydrogen-bond acceptors (Lipinski definition) is 9. The first kappa shape index (κ1) is 43.1. The van der Waals surface area contributed by atoms with E-state index in [1.807, 2.05) is 66.7 Å². The van der Waals surface area contributed by atoms with Crippen molar-refractivity contribution in [1.29, 1.82) is 0 Å². The van der Waals surface area contributed by atoms with Gasteiger partial charge in [0.2, 0.25) is 11.4 Å². The number of methoxy groups -OCH3 is 1. The number of aromatic amines is 1. The smallest absolute Gasteiger partial charge is 0.292 e. The standard InChI is InChI=1S/C39H48N4O4.C2H4O2.CH2O2/c1-43(2,29-33-28-41-38(47-33)39(46,31-16-10-8-11-17-31)32-18-12-9-13-19-32)27-15-7-5-3-4-6-14-25-40-26-24-30-20-22-35(44)37-34(30)21-23-36(45)42-37;1-4-2-3;2-1-3/h8-13,16-23,28,40,46H,3-7,14-15,24-27,29H2,1-2H3,(H-,42,44,45);2H,1H3;1H,(H,2,3)/p+1. The number of phenols is 1. The molecule has 54 heavy (non-hydrogen) atoms. The molecule has 0 amide bonds. The van der Waals surface area contributed by atoms with Gasteiger partial charge < -0.3 is 39.3 Å². The second-order valence-corrected chi connectivity index (χ2v) is 13.7. The van der Waals surface area contributed by atoms with Gasteiger partial charge in [0, 0.05) is 11.5 Å². The number of oxazole rings is 1. The molecule has 290 valence electrons. The van der Waals surface area contributed by atoms with E-state index in [4.69, 9.17) is 19.1 Å². The summed E-state index contributed by atoms with van der Waals surface area (Å²) in [6.45, 7) is 3.75. The Morgan fingerprint density at radius 2 is 1.43 bits per heavy atom. The molecule has 12 heteroatoms.